The SMILES string of the molecule is O=C(C1CC(F)(F)C1)N1CCC(Cc2ccnc3ccccc23)C1. The number of carbonyl (C=O) groups is 1. The van der Waals surface area contributed by atoms with Crippen molar-refractivity contribution in [3.05, 3.63) is 42.1 Å². The smallest absolute Gasteiger partial charge is 0.249 e. The summed E-state index contributed by atoms with van der Waals surface area (Å²) in [7, 11) is 0. The van der Waals surface area contributed by atoms with E-state index in [-0.39, 0.29) is 18.7 Å². The summed E-state index contributed by atoms with van der Waals surface area (Å²) >= 11 is 0. The van der Waals surface area contributed by atoms with E-state index in [0.717, 1.165) is 23.7 Å². The molecular weight excluding hydrogens is 310 g/mol. The third-order valence-corrected chi connectivity index (χ3v) is 5.28. The maximum atomic E-state index is 13.0. The molecular formula is C19H20F2N2O. The molecule has 4 rings (SSSR count). The molecule has 0 spiro atoms. The summed E-state index contributed by atoms with van der Waals surface area (Å²) in [6.07, 6.45) is 3.11. The standard InChI is InChI=1S/C19H20F2N2O/c20-19(21)10-15(11-19)18(24)23-8-6-13(12-23)9-14-5-7-22-17-4-2-1-3-16(14)17/h1-5,7,13,15H,6,8-12H2. The second-order valence-corrected chi connectivity index (χ2v) is 7.09. The van der Waals surface area contributed by atoms with Gasteiger partial charge in [0.1, 0.15) is 0 Å². The second-order valence-electron chi connectivity index (χ2n) is 7.09. The Morgan fingerprint density at radius 3 is 2.83 bits per heavy atom. The van der Waals surface area contributed by atoms with Crippen molar-refractivity contribution in [2.45, 2.75) is 31.6 Å². The molecule has 1 saturated carbocycles. The number of fused-ring (bicyclic) bond motifs is 1. The third-order valence-electron chi connectivity index (χ3n) is 5.28. The lowest BCUT2D eigenvalue weighted by Gasteiger charge is -2.36. The Balaban J connectivity index is 1.41. The van der Waals surface area contributed by atoms with Crippen molar-refractivity contribution >= 4 is 16.8 Å². The van der Waals surface area contributed by atoms with Crippen LogP contribution in [0.25, 0.3) is 10.9 Å². The Kier molecular flexibility index (Phi) is 3.74. The predicted molar refractivity (Wildman–Crippen MR) is 87.8 cm³/mol. The summed E-state index contributed by atoms with van der Waals surface area (Å²) in [5.74, 6) is -2.79. The molecule has 1 unspecified atom stereocenters. The fourth-order valence-corrected chi connectivity index (χ4v) is 3.94. The number of amides is 1. The number of aromatic nitrogens is 1. The van der Waals surface area contributed by atoms with Gasteiger partial charge in [-0.1, -0.05) is 18.2 Å². The van der Waals surface area contributed by atoms with Crippen molar-refractivity contribution in [2.24, 2.45) is 11.8 Å². The first-order chi connectivity index (χ1) is 11.5. The summed E-state index contributed by atoms with van der Waals surface area (Å²) in [5, 5.41) is 1.16. The zero-order chi connectivity index (χ0) is 16.7. The van der Waals surface area contributed by atoms with Crippen molar-refractivity contribution in [3.63, 3.8) is 0 Å². The number of pyridine rings is 1. The van der Waals surface area contributed by atoms with Gasteiger partial charge in [0, 0.05) is 43.4 Å². The molecule has 1 amide bonds. The topological polar surface area (TPSA) is 33.2 Å². The summed E-state index contributed by atoms with van der Waals surface area (Å²) < 4.78 is 25.9. The second kappa shape index (κ2) is 5.80. The van der Waals surface area contributed by atoms with Crippen LogP contribution < -0.4 is 0 Å². The molecule has 0 radical (unpaired) electrons. The number of halogens is 2. The number of alkyl halides is 2. The number of rotatable bonds is 3. The molecule has 3 nitrogen and oxygen atoms in total. The zero-order valence-corrected chi connectivity index (χ0v) is 13.4. The van der Waals surface area contributed by atoms with Gasteiger partial charge in [-0.05, 0) is 36.5 Å². The van der Waals surface area contributed by atoms with Crippen LogP contribution >= 0.6 is 0 Å². The molecule has 1 saturated heterocycles. The van der Waals surface area contributed by atoms with Gasteiger partial charge in [-0.25, -0.2) is 8.78 Å². The fraction of sp³-hybridized carbons (Fsp3) is 0.474. The van der Waals surface area contributed by atoms with Crippen molar-refractivity contribution < 1.29 is 13.6 Å². The number of nitrogens with zero attached hydrogens (tertiary/aromatic N) is 2. The molecule has 2 aromatic rings. The minimum Gasteiger partial charge on any atom is -0.342 e. The van der Waals surface area contributed by atoms with E-state index in [0.29, 0.717) is 19.0 Å². The van der Waals surface area contributed by atoms with E-state index in [1.54, 1.807) is 4.90 Å². The molecule has 0 N–H and O–H groups in total. The van der Waals surface area contributed by atoms with E-state index in [9.17, 15) is 13.6 Å². The van der Waals surface area contributed by atoms with Crippen molar-refractivity contribution in [3.8, 4) is 0 Å². The predicted octanol–water partition coefficient (Wildman–Crippen LogP) is 3.67. The van der Waals surface area contributed by atoms with Crippen molar-refractivity contribution in [1.29, 1.82) is 0 Å². The molecule has 1 aromatic carbocycles. The van der Waals surface area contributed by atoms with Crippen LogP contribution in [0.1, 0.15) is 24.8 Å². The van der Waals surface area contributed by atoms with Gasteiger partial charge >= 0.3 is 0 Å². The number of para-hydroxylation sites is 1. The largest absolute Gasteiger partial charge is 0.342 e. The van der Waals surface area contributed by atoms with Gasteiger partial charge in [-0.15, -0.1) is 0 Å². The molecule has 2 aliphatic rings. The van der Waals surface area contributed by atoms with E-state index >= 15 is 0 Å². The summed E-state index contributed by atoms with van der Waals surface area (Å²) in [6, 6.07) is 10.1. The van der Waals surface area contributed by atoms with Crippen LogP contribution in [0.15, 0.2) is 36.5 Å². The number of carbonyl (C=O) groups excluding carboxylic acids is 1. The number of likely N-dealkylation sites (tertiary alicyclic amines) is 1. The highest BCUT2D eigenvalue weighted by Gasteiger charge is 2.50. The average molecular weight is 330 g/mol. The monoisotopic (exact) mass is 330 g/mol. The highest BCUT2D eigenvalue weighted by atomic mass is 19.3. The lowest BCUT2D eigenvalue weighted by molar-refractivity contribution is -0.158. The average Bonchev–Trinajstić information content (AvgIpc) is 3.01. The van der Waals surface area contributed by atoms with Crippen molar-refractivity contribution in [1.82, 2.24) is 9.88 Å². The summed E-state index contributed by atoms with van der Waals surface area (Å²) in [6.45, 7) is 1.37. The molecule has 1 aliphatic carbocycles. The highest BCUT2D eigenvalue weighted by Crippen LogP contribution is 2.43. The van der Waals surface area contributed by atoms with Crippen LogP contribution in [-0.2, 0) is 11.2 Å². The molecule has 2 heterocycles. The molecule has 5 heteroatoms. The van der Waals surface area contributed by atoms with Gasteiger partial charge in [0.2, 0.25) is 11.8 Å². The molecule has 2 fully saturated rings. The lowest BCUT2D eigenvalue weighted by Crippen LogP contribution is -2.46. The first-order valence-electron chi connectivity index (χ1n) is 8.51. The highest BCUT2D eigenvalue weighted by molar-refractivity contribution is 5.82. The molecule has 1 atom stereocenters. The fourth-order valence-electron chi connectivity index (χ4n) is 3.94. The van der Waals surface area contributed by atoms with Crippen LogP contribution in [0.5, 0.6) is 0 Å². The first kappa shape index (κ1) is 15.5. The number of benzene rings is 1. The molecule has 0 bridgehead atoms. The first-order valence-corrected chi connectivity index (χ1v) is 8.51. The van der Waals surface area contributed by atoms with Gasteiger partial charge in [-0.2, -0.15) is 0 Å². The van der Waals surface area contributed by atoms with Gasteiger partial charge in [0.15, 0.2) is 0 Å². The number of hydrogen-bond acceptors (Lipinski definition) is 2. The maximum Gasteiger partial charge on any atom is 0.249 e. The van der Waals surface area contributed by atoms with E-state index < -0.39 is 11.8 Å². The van der Waals surface area contributed by atoms with Crippen LogP contribution in [0.3, 0.4) is 0 Å². The van der Waals surface area contributed by atoms with Gasteiger partial charge in [-0.3, -0.25) is 9.78 Å². The van der Waals surface area contributed by atoms with Crippen LogP contribution in [0.2, 0.25) is 0 Å². The minimum atomic E-state index is -2.63. The van der Waals surface area contributed by atoms with Gasteiger partial charge < -0.3 is 4.90 Å². The Labute approximate surface area is 139 Å². The van der Waals surface area contributed by atoms with E-state index in [1.165, 1.54) is 5.56 Å². The van der Waals surface area contributed by atoms with E-state index in [4.69, 9.17) is 0 Å². The van der Waals surface area contributed by atoms with Crippen LogP contribution in [-0.4, -0.2) is 34.8 Å². The molecule has 24 heavy (non-hydrogen) atoms. The Bertz CT molecular complexity index is 764. The molecule has 1 aromatic heterocycles. The summed E-state index contributed by atoms with van der Waals surface area (Å²) in [4.78, 5) is 18.5. The number of hydrogen-bond donors (Lipinski definition) is 0. The lowest BCUT2D eigenvalue weighted by atomic mass is 9.80. The van der Waals surface area contributed by atoms with Gasteiger partial charge in [0.25, 0.3) is 0 Å². The zero-order valence-electron chi connectivity index (χ0n) is 13.4. The Morgan fingerprint density at radius 2 is 2.04 bits per heavy atom. The maximum absolute atomic E-state index is 13.0. The molecule has 126 valence electrons. The normalized spacial score (nSPS) is 23.4. The Hall–Kier alpha value is -2.04. The van der Waals surface area contributed by atoms with E-state index in [1.807, 2.05) is 30.5 Å². The van der Waals surface area contributed by atoms with Crippen molar-refractivity contribution in [2.75, 3.05) is 13.1 Å². The van der Waals surface area contributed by atoms with E-state index in [2.05, 4.69) is 11.1 Å². The molecule has 1 aliphatic heterocycles. The quantitative estimate of drug-likeness (QED) is 0.860. The van der Waals surface area contributed by atoms with Gasteiger partial charge in [0.05, 0.1) is 5.52 Å². The van der Waals surface area contributed by atoms with Crippen LogP contribution in [0.4, 0.5) is 8.78 Å². The van der Waals surface area contributed by atoms with Crippen LogP contribution in [0, 0.1) is 11.8 Å². The third kappa shape index (κ3) is 2.87. The summed E-state index contributed by atoms with van der Waals surface area (Å²) in [5.41, 5.74) is 2.23. The Morgan fingerprint density at radius 1 is 1.25 bits per heavy atom. The minimum absolute atomic E-state index is 0.0805.